The van der Waals surface area contributed by atoms with Crippen LogP contribution in [0, 0.1) is 0 Å². The summed E-state index contributed by atoms with van der Waals surface area (Å²) in [6.07, 6.45) is 0.378. The molecule has 4 nitrogen and oxygen atoms in total. The summed E-state index contributed by atoms with van der Waals surface area (Å²) in [5.74, 6) is -1.60. The van der Waals surface area contributed by atoms with Gasteiger partial charge in [0, 0.05) is 28.7 Å². The second kappa shape index (κ2) is 6.32. The zero-order chi connectivity index (χ0) is 17.3. The van der Waals surface area contributed by atoms with Crippen LogP contribution in [0.3, 0.4) is 0 Å². The van der Waals surface area contributed by atoms with E-state index in [4.69, 9.17) is 5.11 Å². The highest BCUT2D eigenvalue weighted by Gasteiger charge is 2.27. The highest BCUT2D eigenvalue weighted by atomic mass is 16.4. The zero-order valence-corrected chi connectivity index (χ0v) is 13.8. The lowest BCUT2D eigenvalue weighted by atomic mass is 9.83. The lowest BCUT2D eigenvalue weighted by molar-refractivity contribution is -0.138. The number of allylic oxidation sites excluding steroid dienone is 4. The summed E-state index contributed by atoms with van der Waals surface area (Å²) in [7, 11) is 0. The first-order chi connectivity index (χ1) is 10.7. The number of carbonyl (C=O) groups excluding carboxylic acids is 2. The summed E-state index contributed by atoms with van der Waals surface area (Å²) in [4.78, 5) is 35.6. The second-order valence-electron chi connectivity index (χ2n) is 5.99. The molecular weight excluding hydrogens is 292 g/mol. The number of hydrogen-bond acceptors (Lipinski definition) is 3. The Morgan fingerprint density at radius 3 is 2.00 bits per heavy atom. The maximum absolute atomic E-state index is 12.4. The van der Waals surface area contributed by atoms with E-state index in [-0.39, 0.29) is 11.6 Å². The van der Waals surface area contributed by atoms with E-state index in [1.54, 1.807) is 39.8 Å². The van der Waals surface area contributed by atoms with Crippen molar-refractivity contribution in [3.8, 4) is 0 Å². The van der Waals surface area contributed by atoms with Gasteiger partial charge in [0.05, 0.1) is 5.92 Å². The Bertz CT molecular complexity index is 748. The van der Waals surface area contributed by atoms with Crippen LogP contribution in [0.2, 0.25) is 0 Å². The molecule has 120 valence electrons. The van der Waals surface area contributed by atoms with Crippen LogP contribution in [0.1, 0.15) is 44.7 Å². The highest BCUT2D eigenvalue weighted by Crippen LogP contribution is 2.27. The van der Waals surface area contributed by atoms with E-state index in [1.165, 1.54) is 0 Å². The van der Waals surface area contributed by atoms with Gasteiger partial charge >= 0.3 is 5.97 Å². The molecule has 0 bridgehead atoms. The van der Waals surface area contributed by atoms with E-state index in [1.807, 2.05) is 12.1 Å². The summed E-state index contributed by atoms with van der Waals surface area (Å²) in [6.45, 7) is 6.67. The standard InChI is InChI=1S/C19H20O4/c1-10-11(2)18(21)16(13(4)17(10)20)9-14-5-7-15(8-6-14)12(3)19(22)23/h5-8,12H,9H2,1-4H3,(H,22,23). The second-order valence-corrected chi connectivity index (χ2v) is 5.99. The van der Waals surface area contributed by atoms with E-state index in [0.717, 1.165) is 5.56 Å². The normalized spacial score (nSPS) is 16.9. The van der Waals surface area contributed by atoms with E-state index in [2.05, 4.69) is 0 Å². The summed E-state index contributed by atoms with van der Waals surface area (Å²) in [5.41, 5.74) is 3.64. The molecule has 0 heterocycles. The fourth-order valence-corrected chi connectivity index (χ4v) is 2.64. The van der Waals surface area contributed by atoms with Crippen molar-refractivity contribution in [2.75, 3.05) is 0 Å². The van der Waals surface area contributed by atoms with Crippen LogP contribution in [-0.4, -0.2) is 22.6 Å². The van der Waals surface area contributed by atoms with Gasteiger partial charge in [0.1, 0.15) is 0 Å². The third kappa shape index (κ3) is 3.16. The van der Waals surface area contributed by atoms with Gasteiger partial charge in [0.2, 0.25) is 0 Å². The molecule has 1 aromatic rings. The summed E-state index contributed by atoms with van der Waals surface area (Å²) < 4.78 is 0. The maximum atomic E-state index is 12.4. The smallest absolute Gasteiger partial charge is 0.310 e. The van der Waals surface area contributed by atoms with E-state index >= 15 is 0 Å². The number of rotatable bonds is 4. The van der Waals surface area contributed by atoms with Crippen LogP contribution in [0.25, 0.3) is 0 Å². The van der Waals surface area contributed by atoms with Gasteiger partial charge in [-0.05, 0) is 38.8 Å². The number of hydrogen-bond donors (Lipinski definition) is 1. The van der Waals surface area contributed by atoms with Gasteiger partial charge in [-0.2, -0.15) is 0 Å². The molecule has 1 atom stereocenters. The van der Waals surface area contributed by atoms with Crippen molar-refractivity contribution in [2.24, 2.45) is 0 Å². The Hall–Kier alpha value is -2.49. The van der Waals surface area contributed by atoms with Gasteiger partial charge in [-0.25, -0.2) is 0 Å². The number of carbonyl (C=O) groups is 3. The average Bonchev–Trinajstić information content (AvgIpc) is 2.55. The Kier molecular flexibility index (Phi) is 4.64. The molecule has 0 amide bonds. The lowest BCUT2D eigenvalue weighted by Gasteiger charge is -2.18. The minimum absolute atomic E-state index is 0.0757. The zero-order valence-electron chi connectivity index (χ0n) is 13.8. The topological polar surface area (TPSA) is 71.4 Å². The van der Waals surface area contributed by atoms with Crippen LogP contribution >= 0.6 is 0 Å². The van der Waals surface area contributed by atoms with Crippen LogP contribution < -0.4 is 0 Å². The number of aliphatic carboxylic acids is 1. The van der Waals surface area contributed by atoms with Gasteiger partial charge < -0.3 is 5.11 Å². The summed E-state index contributed by atoms with van der Waals surface area (Å²) in [6, 6.07) is 7.14. The number of benzene rings is 1. The maximum Gasteiger partial charge on any atom is 0.310 e. The predicted octanol–water partition coefficient (Wildman–Crippen LogP) is 3.22. The first kappa shape index (κ1) is 16.9. The van der Waals surface area contributed by atoms with Crippen LogP contribution in [0.15, 0.2) is 46.6 Å². The van der Waals surface area contributed by atoms with Crippen molar-refractivity contribution in [1.29, 1.82) is 0 Å². The molecule has 1 aliphatic rings. The van der Waals surface area contributed by atoms with Crippen LogP contribution in [-0.2, 0) is 20.8 Å². The van der Waals surface area contributed by atoms with Gasteiger partial charge in [0.25, 0.3) is 0 Å². The van der Waals surface area contributed by atoms with Crippen molar-refractivity contribution in [1.82, 2.24) is 0 Å². The molecule has 1 aromatic carbocycles. The van der Waals surface area contributed by atoms with Crippen LogP contribution in [0.5, 0.6) is 0 Å². The molecule has 0 saturated heterocycles. The van der Waals surface area contributed by atoms with Crippen molar-refractivity contribution in [2.45, 2.75) is 40.0 Å². The molecule has 2 rings (SSSR count). The van der Waals surface area contributed by atoms with Crippen molar-refractivity contribution < 1.29 is 19.5 Å². The van der Waals surface area contributed by atoms with E-state index in [0.29, 0.717) is 34.3 Å². The molecule has 0 spiro atoms. The Labute approximate surface area is 135 Å². The van der Waals surface area contributed by atoms with Crippen molar-refractivity contribution in [3.05, 3.63) is 57.7 Å². The van der Waals surface area contributed by atoms with Gasteiger partial charge in [-0.3, -0.25) is 14.4 Å². The molecule has 0 aromatic heterocycles. The number of ketones is 2. The molecule has 0 fully saturated rings. The largest absolute Gasteiger partial charge is 0.481 e. The molecule has 0 aliphatic heterocycles. The SMILES string of the molecule is CC1=C(C)C(=O)C(Cc2ccc(C(C)C(=O)O)cc2)=C(C)C1=O. The molecular formula is C19H20O4. The van der Waals surface area contributed by atoms with Crippen LogP contribution in [0.4, 0.5) is 0 Å². The predicted molar refractivity (Wildman–Crippen MR) is 87.3 cm³/mol. The third-order valence-electron chi connectivity index (χ3n) is 4.54. The molecule has 1 unspecified atom stereocenters. The molecule has 0 saturated carbocycles. The number of carboxylic acid groups (broad SMARTS) is 1. The summed E-state index contributed by atoms with van der Waals surface area (Å²) >= 11 is 0. The Balaban J connectivity index is 2.27. The third-order valence-corrected chi connectivity index (χ3v) is 4.54. The molecule has 23 heavy (non-hydrogen) atoms. The molecule has 1 N–H and O–H groups in total. The first-order valence-electron chi connectivity index (χ1n) is 7.52. The minimum atomic E-state index is -0.874. The van der Waals surface area contributed by atoms with Crippen molar-refractivity contribution >= 4 is 17.5 Å². The van der Waals surface area contributed by atoms with E-state index in [9.17, 15) is 14.4 Å². The minimum Gasteiger partial charge on any atom is -0.481 e. The first-order valence-corrected chi connectivity index (χ1v) is 7.52. The Morgan fingerprint density at radius 2 is 1.48 bits per heavy atom. The van der Waals surface area contributed by atoms with Gasteiger partial charge in [-0.1, -0.05) is 24.3 Å². The fourth-order valence-electron chi connectivity index (χ4n) is 2.64. The molecule has 1 aliphatic carbocycles. The average molecular weight is 312 g/mol. The highest BCUT2D eigenvalue weighted by molar-refractivity contribution is 6.24. The monoisotopic (exact) mass is 312 g/mol. The number of Topliss-reactive ketones (excluding diaryl/α,β-unsaturated/α-hetero) is 2. The van der Waals surface area contributed by atoms with Gasteiger partial charge in [0.15, 0.2) is 11.6 Å². The number of carboxylic acids is 1. The molecule has 4 heteroatoms. The quantitative estimate of drug-likeness (QED) is 0.867. The van der Waals surface area contributed by atoms with E-state index < -0.39 is 11.9 Å². The molecule has 0 radical (unpaired) electrons. The Morgan fingerprint density at radius 1 is 0.957 bits per heavy atom. The lowest BCUT2D eigenvalue weighted by Crippen LogP contribution is -2.21. The summed E-state index contributed by atoms with van der Waals surface area (Å²) in [5, 5.41) is 9.02. The van der Waals surface area contributed by atoms with Crippen molar-refractivity contribution in [3.63, 3.8) is 0 Å². The fraction of sp³-hybridized carbons (Fsp3) is 0.316. The van der Waals surface area contributed by atoms with Gasteiger partial charge in [-0.15, -0.1) is 0 Å².